The number of hydrogen-bond acceptors (Lipinski definition) is 2. The summed E-state index contributed by atoms with van der Waals surface area (Å²) in [4.78, 5) is 10.5. The summed E-state index contributed by atoms with van der Waals surface area (Å²) in [5.74, 6) is 0.417. The van der Waals surface area contributed by atoms with E-state index in [1.54, 1.807) is 12.1 Å². The molecule has 2 rings (SSSR count). The van der Waals surface area contributed by atoms with Crippen LogP contribution in [0.25, 0.3) is 0 Å². The fraction of sp³-hybridized carbons (Fsp3) is 0.188. The van der Waals surface area contributed by atoms with Crippen molar-refractivity contribution in [3.05, 3.63) is 65.5 Å². The number of ether oxygens (including phenoxy) is 1. The van der Waals surface area contributed by atoms with Gasteiger partial charge >= 0.3 is 0 Å². The Balaban J connectivity index is 1.74. The van der Waals surface area contributed by atoms with Crippen molar-refractivity contribution in [3.8, 4) is 5.75 Å². The number of carbonyl (C=O) groups is 1. The Morgan fingerprint density at radius 2 is 1.68 bits per heavy atom. The first kappa shape index (κ1) is 13.3. The zero-order chi connectivity index (χ0) is 13.5. The second-order valence-electron chi connectivity index (χ2n) is 4.27. The monoisotopic (exact) mass is 258 g/mol. The van der Waals surface area contributed by atoms with E-state index in [9.17, 15) is 9.18 Å². The molecule has 2 aromatic carbocycles. The van der Waals surface area contributed by atoms with Gasteiger partial charge in [-0.2, -0.15) is 0 Å². The first-order chi connectivity index (χ1) is 9.28. The smallest absolute Gasteiger partial charge is 0.150 e. The molecule has 3 heteroatoms. The molecular weight excluding hydrogens is 243 g/mol. The van der Waals surface area contributed by atoms with Crippen molar-refractivity contribution in [2.24, 2.45) is 0 Å². The summed E-state index contributed by atoms with van der Waals surface area (Å²) in [6.45, 7) is 0.584. The maximum atomic E-state index is 12.7. The van der Waals surface area contributed by atoms with Gasteiger partial charge in [0, 0.05) is 5.56 Å². The summed E-state index contributed by atoms with van der Waals surface area (Å²) >= 11 is 0. The minimum atomic E-state index is -0.261. The van der Waals surface area contributed by atoms with Crippen LogP contribution in [0.1, 0.15) is 22.3 Å². The Labute approximate surface area is 111 Å². The van der Waals surface area contributed by atoms with E-state index < -0.39 is 0 Å². The van der Waals surface area contributed by atoms with Crippen LogP contribution in [0.3, 0.4) is 0 Å². The number of carbonyl (C=O) groups excluding carboxylic acids is 1. The zero-order valence-corrected chi connectivity index (χ0v) is 10.5. The third-order valence-electron chi connectivity index (χ3n) is 2.81. The molecule has 2 nitrogen and oxygen atoms in total. The average Bonchev–Trinajstić information content (AvgIpc) is 2.46. The molecule has 0 radical (unpaired) electrons. The van der Waals surface area contributed by atoms with Crippen LogP contribution in [-0.4, -0.2) is 12.9 Å². The van der Waals surface area contributed by atoms with Crippen molar-refractivity contribution in [1.82, 2.24) is 0 Å². The SMILES string of the molecule is O=Cc1ccc(CCCOc2ccc(F)cc2)cc1. The Hall–Kier alpha value is -2.16. The molecule has 0 N–H and O–H groups in total. The maximum absolute atomic E-state index is 12.7. The van der Waals surface area contributed by atoms with Crippen LogP contribution in [0.15, 0.2) is 48.5 Å². The molecule has 0 aromatic heterocycles. The molecule has 0 heterocycles. The van der Waals surface area contributed by atoms with Gasteiger partial charge < -0.3 is 4.74 Å². The van der Waals surface area contributed by atoms with E-state index in [1.165, 1.54) is 17.7 Å². The van der Waals surface area contributed by atoms with E-state index in [4.69, 9.17) is 4.74 Å². The molecule has 0 aliphatic carbocycles. The van der Waals surface area contributed by atoms with Gasteiger partial charge in [0.15, 0.2) is 0 Å². The van der Waals surface area contributed by atoms with E-state index in [2.05, 4.69) is 0 Å². The Morgan fingerprint density at radius 3 is 2.32 bits per heavy atom. The van der Waals surface area contributed by atoms with Gasteiger partial charge in [-0.3, -0.25) is 4.79 Å². The predicted octanol–water partition coefficient (Wildman–Crippen LogP) is 3.65. The van der Waals surface area contributed by atoms with Crippen LogP contribution in [0.4, 0.5) is 4.39 Å². The lowest BCUT2D eigenvalue weighted by atomic mass is 10.1. The molecule has 0 aliphatic rings. The zero-order valence-electron chi connectivity index (χ0n) is 10.5. The molecule has 2 aromatic rings. The summed E-state index contributed by atoms with van der Waals surface area (Å²) in [6.07, 6.45) is 2.60. The molecule has 0 bridgehead atoms. The molecule has 0 atom stereocenters. The largest absolute Gasteiger partial charge is 0.494 e. The second kappa shape index (κ2) is 6.69. The summed E-state index contributed by atoms with van der Waals surface area (Å²) in [7, 11) is 0. The highest BCUT2D eigenvalue weighted by molar-refractivity contribution is 5.74. The molecule has 0 amide bonds. The summed E-state index contributed by atoms with van der Waals surface area (Å²) in [5.41, 5.74) is 1.86. The number of hydrogen-bond donors (Lipinski definition) is 0. The number of rotatable bonds is 6. The number of aryl methyl sites for hydroxylation is 1. The van der Waals surface area contributed by atoms with Crippen molar-refractivity contribution < 1.29 is 13.9 Å². The van der Waals surface area contributed by atoms with Crippen LogP contribution in [0, 0.1) is 5.82 Å². The molecule has 0 saturated heterocycles. The van der Waals surface area contributed by atoms with Crippen LogP contribution in [0.2, 0.25) is 0 Å². The number of halogens is 1. The molecule has 0 spiro atoms. The van der Waals surface area contributed by atoms with Gasteiger partial charge in [-0.05, 0) is 42.7 Å². The standard InChI is InChI=1S/C16H15FO2/c17-15-7-9-16(10-8-15)19-11-1-2-13-3-5-14(12-18)6-4-13/h3-10,12H,1-2,11H2. The Bertz CT molecular complexity index is 517. The topological polar surface area (TPSA) is 26.3 Å². The van der Waals surface area contributed by atoms with E-state index >= 15 is 0 Å². The van der Waals surface area contributed by atoms with Gasteiger partial charge in [-0.15, -0.1) is 0 Å². The van der Waals surface area contributed by atoms with Gasteiger partial charge in [0.25, 0.3) is 0 Å². The van der Waals surface area contributed by atoms with Gasteiger partial charge in [-0.25, -0.2) is 4.39 Å². The van der Waals surface area contributed by atoms with Crippen LogP contribution in [0.5, 0.6) is 5.75 Å². The fourth-order valence-electron chi connectivity index (χ4n) is 1.76. The van der Waals surface area contributed by atoms with Crippen LogP contribution >= 0.6 is 0 Å². The summed E-state index contributed by atoms with van der Waals surface area (Å²) < 4.78 is 18.2. The molecule has 19 heavy (non-hydrogen) atoms. The molecule has 0 saturated carbocycles. The Morgan fingerprint density at radius 1 is 1.00 bits per heavy atom. The highest BCUT2D eigenvalue weighted by atomic mass is 19.1. The third kappa shape index (κ3) is 4.21. The third-order valence-corrected chi connectivity index (χ3v) is 2.81. The van der Waals surface area contributed by atoms with Crippen molar-refractivity contribution in [2.45, 2.75) is 12.8 Å². The van der Waals surface area contributed by atoms with Gasteiger partial charge in [0.2, 0.25) is 0 Å². The molecule has 0 fully saturated rings. The first-order valence-electron chi connectivity index (χ1n) is 6.20. The van der Waals surface area contributed by atoms with Crippen molar-refractivity contribution in [3.63, 3.8) is 0 Å². The normalized spacial score (nSPS) is 10.2. The summed E-state index contributed by atoms with van der Waals surface area (Å²) in [5, 5.41) is 0. The van der Waals surface area contributed by atoms with Gasteiger partial charge in [0.1, 0.15) is 17.9 Å². The number of benzene rings is 2. The van der Waals surface area contributed by atoms with E-state index in [-0.39, 0.29) is 5.82 Å². The highest BCUT2D eigenvalue weighted by Crippen LogP contribution is 2.12. The average molecular weight is 258 g/mol. The maximum Gasteiger partial charge on any atom is 0.150 e. The van der Waals surface area contributed by atoms with E-state index in [0.29, 0.717) is 17.9 Å². The molecule has 0 aliphatic heterocycles. The van der Waals surface area contributed by atoms with Crippen molar-refractivity contribution in [1.29, 1.82) is 0 Å². The van der Waals surface area contributed by atoms with Gasteiger partial charge in [-0.1, -0.05) is 24.3 Å². The minimum absolute atomic E-state index is 0.261. The summed E-state index contributed by atoms with van der Waals surface area (Å²) in [6, 6.07) is 13.5. The van der Waals surface area contributed by atoms with Crippen molar-refractivity contribution >= 4 is 6.29 Å². The molecule has 0 unspecified atom stereocenters. The van der Waals surface area contributed by atoms with Crippen LogP contribution in [-0.2, 0) is 6.42 Å². The van der Waals surface area contributed by atoms with E-state index in [0.717, 1.165) is 19.1 Å². The molecule has 98 valence electrons. The van der Waals surface area contributed by atoms with Crippen molar-refractivity contribution in [2.75, 3.05) is 6.61 Å². The number of aldehydes is 1. The first-order valence-corrected chi connectivity index (χ1v) is 6.20. The Kier molecular flexibility index (Phi) is 4.67. The minimum Gasteiger partial charge on any atom is -0.494 e. The highest BCUT2D eigenvalue weighted by Gasteiger charge is 1.97. The quantitative estimate of drug-likeness (QED) is 0.584. The predicted molar refractivity (Wildman–Crippen MR) is 72.0 cm³/mol. The molecular formula is C16H15FO2. The lowest BCUT2D eigenvalue weighted by molar-refractivity contribution is 0.112. The van der Waals surface area contributed by atoms with E-state index in [1.807, 2.05) is 24.3 Å². The van der Waals surface area contributed by atoms with Crippen LogP contribution < -0.4 is 4.74 Å². The lowest BCUT2D eigenvalue weighted by Gasteiger charge is -2.06. The van der Waals surface area contributed by atoms with Gasteiger partial charge in [0.05, 0.1) is 6.61 Å². The fourth-order valence-corrected chi connectivity index (χ4v) is 1.76. The lowest BCUT2D eigenvalue weighted by Crippen LogP contribution is -1.99. The second-order valence-corrected chi connectivity index (χ2v) is 4.27.